The molecule has 104 valence electrons. The largest absolute Gasteiger partial charge is 0.506 e. The van der Waals surface area contributed by atoms with Gasteiger partial charge in [0.15, 0.2) is 0 Å². The molecule has 0 heterocycles. The van der Waals surface area contributed by atoms with Gasteiger partial charge in [-0.25, -0.2) is 0 Å². The number of halogens is 2. The van der Waals surface area contributed by atoms with E-state index in [1.807, 2.05) is 18.2 Å². The predicted molar refractivity (Wildman–Crippen MR) is 80.1 cm³/mol. The first kappa shape index (κ1) is 14.7. The first-order chi connectivity index (χ1) is 9.56. The molecule has 2 aromatic carbocycles. The maximum Gasteiger partial charge on any atom is 0.224 e. The molecular formula is C15H13Cl2NO2. The van der Waals surface area contributed by atoms with Crippen molar-refractivity contribution in [3.63, 3.8) is 0 Å². The molecule has 2 N–H and O–H groups in total. The van der Waals surface area contributed by atoms with Gasteiger partial charge in [0.05, 0.1) is 11.4 Å². The van der Waals surface area contributed by atoms with E-state index in [9.17, 15) is 9.90 Å². The van der Waals surface area contributed by atoms with Gasteiger partial charge in [-0.05, 0) is 29.3 Å². The Morgan fingerprint density at radius 3 is 2.55 bits per heavy atom. The highest BCUT2D eigenvalue weighted by atomic mass is 35.5. The Balaban J connectivity index is 1.93. The highest BCUT2D eigenvalue weighted by Gasteiger charge is 2.07. The fraction of sp³-hybridized carbons (Fsp3) is 0.133. The number of hydrogen-bond donors (Lipinski definition) is 2. The lowest BCUT2D eigenvalue weighted by Gasteiger charge is -2.07. The second kappa shape index (κ2) is 6.64. The van der Waals surface area contributed by atoms with Crippen LogP contribution in [0.1, 0.15) is 11.1 Å². The molecule has 0 aliphatic heterocycles. The van der Waals surface area contributed by atoms with Crippen molar-refractivity contribution in [1.29, 1.82) is 0 Å². The van der Waals surface area contributed by atoms with Gasteiger partial charge in [-0.15, -0.1) is 0 Å². The number of hydrogen-bond acceptors (Lipinski definition) is 2. The third-order valence-corrected chi connectivity index (χ3v) is 3.48. The second-order valence-corrected chi connectivity index (χ2v) is 5.15. The maximum absolute atomic E-state index is 11.8. The van der Waals surface area contributed by atoms with Gasteiger partial charge in [0, 0.05) is 11.6 Å². The Hall–Kier alpha value is -1.71. The molecule has 0 fully saturated rings. The van der Waals surface area contributed by atoms with Gasteiger partial charge >= 0.3 is 0 Å². The average Bonchev–Trinajstić information content (AvgIpc) is 2.42. The van der Waals surface area contributed by atoms with E-state index >= 15 is 0 Å². The van der Waals surface area contributed by atoms with Crippen LogP contribution in [0.5, 0.6) is 5.75 Å². The fourth-order valence-electron chi connectivity index (χ4n) is 1.74. The lowest BCUT2D eigenvalue weighted by atomic mass is 10.1. The number of carbonyl (C=O) groups is 1. The smallest absolute Gasteiger partial charge is 0.224 e. The second-order valence-electron chi connectivity index (χ2n) is 4.33. The van der Waals surface area contributed by atoms with E-state index in [2.05, 4.69) is 5.32 Å². The molecule has 0 atom stereocenters. The zero-order chi connectivity index (χ0) is 14.5. The number of carbonyl (C=O) groups excluding carboxylic acids is 1. The first-order valence-corrected chi connectivity index (χ1v) is 6.79. The molecule has 0 bridgehead atoms. The van der Waals surface area contributed by atoms with Gasteiger partial charge in [-0.1, -0.05) is 47.5 Å². The summed E-state index contributed by atoms with van der Waals surface area (Å²) in [5.41, 5.74) is 1.61. The zero-order valence-electron chi connectivity index (χ0n) is 10.6. The van der Waals surface area contributed by atoms with Crippen LogP contribution < -0.4 is 5.32 Å². The van der Waals surface area contributed by atoms with Crippen LogP contribution in [0.15, 0.2) is 42.5 Å². The van der Waals surface area contributed by atoms with Crippen LogP contribution in [-0.4, -0.2) is 11.0 Å². The van der Waals surface area contributed by atoms with Crippen molar-refractivity contribution in [2.24, 2.45) is 0 Å². The molecule has 0 aliphatic rings. The van der Waals surface area contributed by atoms with Crippen LogP contribution in [0.3, 0.4) is 0 Å². The standard InChI is InChI=1S/C15H13Cl2NO2/c16-12-4-2-1-3-11(12)9-18-15(20)8-10-5-6-14(19)13(17)7-10/h1-7,19H,8-9H2,(H,18,20). The molecule has 20 heavy (non-hydrogen) atoms. The van der Waals surface area contributed by atoms with E-state index in [-0.39, 0.29) is 23.1 Å². The van der Waals surface area contributed by atoms with Crippen molar-refractivity contribution in [2.45, 2.75) is 13.0 Å². The van der Waals surface area contributed by atoms with Crippen LogP contribution in [-0.2, 0) is 17.8 Å². The van der Waals surface area contributed by atoms with Crippen molar-refractivity contribution in [2.75, 3.05) is 0 Å². The number of nitrogens with one attached hydrogen (secondary N) is 1. The highest BCUT2D eigenvalue weighted by molar-refractivity contribution is 6.32. The summed E-state index contributed by atoms with van der Waals surface area (Å²) in [5.74, 6) is -0.126. The van der Waals surface area contributed by atoms with Crippen LogP contribution in [0, 0.1) is 0 Å². The molecular weight excluding hydrogens is 297 g/mol. The number of rotatable bonds is 4. The van der Waals surface area contributed by atoms with E-state index in [1.54, 1.807) is 18.2 Å². The van der Waals surface area contributed by atoms with E-state index in [0.29, 0.717) is 11.6 Å². The summed E-state index contributed by atoms with van der Waals surface area (Å²) in [7, 11) is 0. The van der Waals surface area contributed by atoms with Gasteiger partial charge in [-0.2, -0.15) is 0 Å². The summed E-state index contributed by atoms with van der Waals surface area (Å²) in [5, 5.41) is 13.0. The minimum Gasteiger partial charge on any atom is -0.506 e. The minimum absolute atomic E-state index is 0.00638. The number of amides is 1. The summed E-state index contributed by atoms with van der Waals surface area (Å²) < 4.78 is 0. The van der Waals surface area contributed by atoms with Gasteiger partial charge in [0.1, 0.15) is 5.75 Å². The van der Waals surface area contributed by atoms with Crippen molar-refractivity contribution in [3.05, 3.63) is 63.6 Å². The van der Waals surface area contributed by atoms with Crippen LogP contribution in [0.4, 0.5) is 0 Å². The van der Waals surface area contributed by atoms with E-state index < -0.39 is 0 Å². The van der Waals surface area contributed by atoms with Crippen LogP contribution in [0.25, 0.3) is 0 Å². The average molecular weight is 310 g/mol. The summed E-state index contributed by atoms with van der Waals surface area (Å²) >= 11 is 11.8. The maximum atomic E-state index is 11.8. The minimum atomic E-state index is -0.133. The predicted octanol–water partition coefficient (Wildman–Crippen LogP) is 3.56. The number of phenols is 1. The van der Waals surface area contributed by atoms with E-state index in [4.69, 9.17) is 23.2 Å². The molecule has 2 rings (SSSR count). The molecule has 0 saturated heterocycles. The molecule has 0 unspecified atom stereocenters. The lowest BCUT2D eigenvalue weighted by Crippen LogP contribution is -2.24. The molecule has 2 aromatic rings. The van der Waals surface area contributed by atoms with E-state index in [0.717, 1.165) is 11.1 Å². The number of phenolic OH excluding ortho intramolecular Hbond substituents is 1. The molecule has 1 amide bonds. The summed E-state index contributed by atoms with van der Waals surface area (Å²) in [6.45, 7) is 0.379. The molecule has 0 spiro atoms. The zero-order valence-corrected chi connectivity index (χ0v) is 12.1. The van der Waals surface area contributed by atoms with Gasteiger partial charge < -0.3 is 10.4 Å². The summed E-state index contributed by atoms with van der Waals surface area (Å²) in [6, 6.07) is 12.1. The SMILES string of the molecule is O=C(Cc1ccc(O)c(Cl)c1)NCc1ccccc1Cl. The van der Waals surface area contributed by atoms with Crippen molar-refractivity contribution in [3.8, 4) is 5.75 Å². The molecule has 0 aromatic heterocycles. The fourth-order valence-corrected chi connectivity index (χ4v) is 2.15. The third kappa shape index (κ3) is 3.89. The summed E-state index contributed by atoms with van der Waals surface area (Å²) in [4.78, 5) is 11.8. The van der Waals surface area contributed by atoms with Crippen molar-refractivity contribution < 1.29 is 9.90 Å². The molecule has 0 radical (unpaired) electrons. The molecule has 0 saturated carbocycles. The van der Waals surface area contributed by atoms with Gasteiger partial charge in [0.2, 0.25) is 5.91 Å². The topological polar surface area (TPSA) is 49.3 Å². The van der Waals surface area contributed by atoms with Crippen molar-refractivity contribution in [1.82, 2.24) is 5.32 Å². The number of aromatic hydroxyl groups is 1. The van der Waals surface area contributed by atoms with Crippen molar-refractivity contribution >= 4 is 29.1 Å². The quantitative estimate of drug-likeness (QED) is 0.907. The Morgan fingerprint density at radius 1 is 1.10 bits per heavy atom. The molecule has 5 heteroatoms. The first-order valence-electron chi connectivity index (χ1n) is 6.04. The van der Waals surface area contributed by atoms with E-state index in [1.165, 1.54) is 6.07 Å². The van der Waals surface area contributed by atoms with Crippen LogP contribution in [0.2, 0.25) is 10.0 Å². The third-order valence-electron chi connectivity index (χ3n) is 2.81. The summed E-state index contributed by atoms with van der Waals surface area (Å²) in [6.07, 6.45) is 0.199. The highest BCUT2D eigenvalue weighted by Crippen LogP contribution is 2.23. The van der Waals surface area contributed by atoms with Gasteiger partial charge in [-0.3, -0.25) is 4.79 Å². The molecule has 3 nitrogen and oxygen atoms in total. The van der Waals surface area contributed by atoms with Gasteiger partial charge in [0.25, 0.3) is 0 Å². The van der Waals surface area contributed by atoms with Crippen LogP contribution >= 0.6 is 23.2 Å². The monoisotopic (exact) mass is 309 g/mol. The molecule has 0 aliphatic carbocycles. The number of benzene rings is 2. The Kier molecular flexibility index (Phi) is 4.88. The Morgan fingerprint density at radius 2 is 1.85 bits per heavy atom. The normalized spacial score (nSPS) is 10.3. The Labute approximate surface area is 127 Å². The lowest BCUT2D eigenvalue weighted by molar-refractivity contribution is -0.120. The Bertz CT molecular complexity index is 629.